The maximum Gasteiger partial charge on any atom is 0.251 e. The van der Waals surface area contributed by atoms with Gasteiger partial charge < -0.3 is 10.6 Å². The second-order valence-corrected chi connectivity index (χ2v) is 11.3. The quantitative estimate of drug-likeness (QED) is 0.421. The SMILES string of the molecule is CCN(CC)S(=O)(=O)c1ccc(NC(=O)CNC(=O)c2ccc(S(=O)(=O)NC(C)C)cc2)cc1. The molecule has 0 fully saturated rings. The van der Waals surface area contributed by atoms with Crippen LogP contribution in [0.25, 0.3) is 0 Å². The van der Waals surface area contributed by atoms with E-state index in [1.54, 1.807) is 27.7 Å². The average molecular weight is 511 g/mol. The molecule has 0 spiro atoms. The molecule has 10 nitrogen and oxygen atoms in total. The van der Waals surface area contributed by atoms with E-state index in [-0.39, 0.29) is 27.9 Å². The summed E-state index contributed by atoms with van der Waals surface area (Å²) in [6, 6.07) is 10.8. The Morgan fingerprint density at radius 1 is 0.853 bits per heavy atom. The number of hydrogen-bond acceptors (Lipinski definition) is 6. The van der Waals surface area contributed by atoms with Crippen LogP contribution in [0, 0.1) is 0 Å². The zero-order chi connectivity index (χ0) is 25.5. The second-order valence-electron chi connectivity index (χ2n) is 7.64. The number of anilines is 1. The fraction of sp³-hybridized carbons (Fsp3) is 0.364. The number of amides is 2. The van der Waals surface area contributed by atoms with Crippen molar-refractivity contribution in [3.05, 3.63) is 54.1 Å². The Kier molecular flexibility index (Phi) is 9.33. The Labute approximate surface area is 200 Å². The zero-order valence-electron chi connectivity index (χ0n) is 19.5. The Morgan fingerprint density at radius 3 is 1.88 bits per heavy atom. The molecule has 0 aliphatic carbocycles. The molecule has 0 saturated heterocycles. The van der Waals surface area contributed by atoms with E-state index in [2.05, 4.69) is 15.4 Å². The summed E-state index contributed by atoms with van der Waals surface area (Å²) in [6.45, 7) is 7.29. The molecule has 0 heterocycles. The molecule has 3 N–H and O–H groups in total. The van der Waals surface area contributed by atoms with Crippen molar-refractivity contribution in [2.75, 3.05) is 25.0 Å². The van der Waals surface area contributed by atoms with Crippen molar-refractivity contribution < 1.29 is 26.4 Å². The highest BCUT2D eigenvalue weighted by Gasteiger charge is 2.21. The first-order chi connectivity index (χ1) is 15.9. The highest BCUT2D eigenvalue weighted by atomic mass is 32.2. The van der Waals surface area contributed by atoms with Crippen LogP contribution in [0.3, 0.4) is 0 Å². The second kappa shape index (κ2) is 11.6. The number of hydrogen-bond donors (Lipinski definition) is 3. The summed E-state index contributed by atoms with van der Waals surface area (Å²) < 4.78 is 53.1. The molecular formula is C22H30N4O6S2. The Balaban J connectivity index is 1.94. The van der Waals surface area contributed by atoms with Gasteiger partial charge in [-0.3, -0.25) is 9.59 Å². The standard InChI is InChI=1S/C22H30N4O6S2/c1-5-26(6-2)34(31,32)20-13-9-18(10-14-20)24-21(27)15-23-22(28)17-7-11-19(12-8-17)33(29,30)25-16(3)4/h7-14,16,25H,5-6,15H2,1-4H3,(H,23,28)(H,24,27). The van der Waals surface area contributed by atoms with E-state index in [4.69, 9.17) is 0 Å². The lowest BCUT2D eigenvalue weighted by Crippen LogP contribution is -2.33. The van der Waals surface area contributed by atoms with E-state index >= 15 is 0 Å². The number of benzene rings is 2. The van der Waals surface area contributed by atoms with E-state index in [9.17, 15) is 26.4 Å². The summed E-state index contributed by atoms with van der Waals surface area (Å²) in [7, 11) is -7.26. The largest absolute Gasteiger partial charge is 0.343 e. The smallest absolute Gasteiger partial charge is 0.251 e. The van der Waals surface area contributed by atoms with Gasteiger partial charge in [-0.25, -0.2) is 21.6 Å². The van der Waals surface area contributed by atoms with Gasteiger partial charge in [-0.2, -0.15) is 4.31 Å². The number of carbonyl (C=O) groups excluding carboxylic acids is 2. The lowest BCUT2D eigenvalue weighted by molar-refractivity contribution is -0.115. The lowest BCUT2D eigenvalue weighted by Gasteiger charge is -2.18. The third-order valence-electron chi connectivity index (χ3n) is 4.71. The molecule has 2 aromatic rings. The predicted octanol–water partition coefficient (Wildman–Crippen LogP) is 1.77. The van der Waals surface area contributed by atoms with Crippen LogP contribution in [0.2, 0.25) is 0 Å². The van der Waals surface area contributed by atoms with Gasteiger partial charge in [0.25, 0.3) is 5.91 Å². The van der Waals surface area contributed by atoms with Crippen LogP contribution in [0.15, 0.2) is 58.3 Å². The highest BCUT2D eigenvalue weighted by Crippen LogP contribution is 2.18. The predicted molar refractivity (Wildman–Crippen MR) is 129 cm³/mol. The van der Waals surface area contributed by atoms with Crippen molar-refractivity contribution in [3.8, 4) is 0 Å². The van der Waals surface area contributed by atoms with Crippen molar-refractivity contribution in [1.82, 2.24) is 14.3 Å². The van der Waals surface area contributed by atoms with Crippen LogP contribution < -0.4 is 15.4 Å². The molecule has 186 valence electrons. The van der Waals surface area contributed by atoms with Crippen molar-refractivity contribution in [2.45, 2.75) is 43.5 Å². The van der Waals surface area contributed by atoms with Crippen LogP contribution in [0.4, 0.5) is 5.69 Å². The van der Waals surface area contributed by atoms with Crippen molar-refractivity contribution in [1.29, 1.82) is 0 Å². The van der Waals surface area contributed by atoms with Gasteiger partial charge in [0.2, 0.25) is 26.0 Å². The van der Waals surface area contributed by atoms with Crippen LogP contribution in [-0.2, 0) is 24.8 Å². The third-order valence-corrected chi connectivity index (χ3v) is 8.45. The topological polar surface area (TPSA) is 142 Å². The summed E-state index contributed by atoms with van der Waals surface area (Å²) in [4.78, 5) is 24.6. The molecule has 0 aromatic heterocycles. The minimum atomic E-state index is -3.67. The van der Waals surface area contributed by atoms with Gasteiger partial charge >= 0.3 is 0 Å². The van der Waals surface area contributed by atoms with Gasteiger partial charge in [0.15, 0.2) is 0 Å². The van der Waals surface area contributed by atoms with E-state index in [1.165, 1.54) is 52.8 Å². The maximum absolute atomic E-state index is 12.5. The Bertz CT molecular complexity index is 1210. The van der Waals surface area contributed by atoms with Crippen molar-refractivity contribution >= 4 is 37.5 Å². The number of carbonyl (C=O) groups is 2. The average Bonchev–Trinajstić information content (AvgIpc) is 2.77. The van der Waals surface area contributed by atoms with Crippen molar-refractivity contribution in [2.24, 2.45) is 0 Å². The monoisotopic (exact) mass is 510 g/mol. The molecule has 0 aliphatic heterocycles. The summed E-state index contributed by atoms with van der Waals surface area (Å²) in [5, 5.41) is 5.04. The Hall–Kier alpha value is -2.80. The molecule has 0 aliphatic rings. The normalized spacial score (nSPS) is 12.1. The van der Waals surface area contributed by atoms with Crippen LogP contribution in [0.1, 0.15) is 38.1 Å². The first-order valence-electron chi connectivity index (χ1n) is 10.7. The molecule has 12 heteroatoms. The Morgan fingerprint density at radius 2 is 1.38 bits per heavy atom. The molecule has 0 radical (unpaired) electrons. The summed E-state index contributed by atoms with van der Waals surface area (Å²) in [5.74, 6) is -1.05. The fourth-order valence-corrected chi connectivity index (χ4v) is 5.76. The number of nitrogens with one attached hydrogen (secondary N) is 3. The van der Waals surface area contributed by atoms with E-state index in [1.807, 2.05) is 0 Å². The molecule has 2 aromatic carbocycles. The van der Waals surface area contributed by atoms with Crippen LogP contribution in [0.5, 0.6) is 0 Å². The van der Waals surface area contributed by atoms with Gasteiger partial charge in [-0.1, -0.05) is 13.8 Å². The first-order valence-corrected chi connectivity index (χ1v) is 13.6. The molecule has 0 atom stereocenters. The molecule has 0 bridgehead atoms. The zero-order valence-corrected chi connectivity index (χ0v) is 21.2. The lowest BCUT2D eigenvalue weighted by atomic mass is 10.2. The molecule has 34 heavy (non-hydrogen) atoms. The minimum absolute atomic E-state index is 0.0296. The fourth-order valence-electron chi connectivity index (χ4n) is 3.05. The summed E-state index contributed by atoms with van der Waals surface area (Å²) >= 11 is 0. The van der Waals surface area contributed by atoms with E-state index in [0.717, 1.165) is 0 Å². The molecular weight excluding hydrogens is 480 g/mol. The highest BCUT2D eigenvalue weighted by molar-refractivity contribution is 7.89. The number of sulfonamides is 2. The number of nitrogens with zero attached hydrogens (tertiary/aromatic N) is 1. The van der Waals surface area contributed by atoms with E-state index in [0.29, 0.717) is 18.8 Å². The molecule has 0 unspecified atom stereocenters. The van der Waals surface area contributed by atoms with Crippen molar-refractivity contribution in [3.63, 3.8) is 0 Å². The first kappa shape index (κ1) is 27.4. The van der Waals surface area contributed by atoms with Crippen LogP contribution in [-0.4, -0.2) is 58.6 Å². The van der Waals surface area contributed by atoms with Gasteiger partial charge in [0, 0.05) is 30.4 Å². The summed E-state index contributed by atoms with van der Waals surface area (Å²) in [6.07, 6.45) is 0. The molecule has 2 rings (SSSR count). The molecule has 2 amide bonds. The van der Waals surface area contributed by atoms with Gasteiger partial charge in [-0.05, 0) is 62.4 Å². The van der Waals surface area contributed by atoms with Gasteiger partial charge in [0.1, 0.15) is 0 Å². The van der Waals surface area contributed by atoms with Crippen LogP contribution >= 0.6 is 0 Å². The number of rotatable bonds is 11. The van der Waals surface area contributed by atoms with Gasteiger partial charge in [-0.15, -0.1) is 0 Å². The third kappa shape index (κ3) is 7.10. The minimum Gasteiger partial charge on any atom is -0.343 e. The summed E-state index contributed by atoms with van der Waals surface area (Å²) in [5.41, 5.74) is 0.576. The van der Waals surface area contributed by atoms with Gasteiger partial charge in [0.05, 0.1) is 16.3 Å². The van der Waals surface area contributed by atoms with E-state index < -0.39 is 31.9 Å². The molecule has 0 saturated carbocycles. The maximum atomic E-state index is 12.5.